The molecule has 3 rings (SSSR count). The van der Waals surface area contributed by atoms with Gasteiger partial charge in [0.2, 0.25) is 0 Å². The van der Waals surface area contributed by atoms with Gasteiger partial charge in [0.1, 0.15) is 11.6 Å². The number of halogens is 1. The SMILES string of the molecule is COc1ccc2c(N3CCC(Br)C3)nccc2c1. The van der Waals surface area contributed by atoms with Crippen LogP contribution in [0.15, 0.2) is 30.5 Å². The second-order valence-electron chi connectivity index (χ2n) is 4.55. The number of pyridine rings is 1. The van der Waals surface area contributed by atoms with Crippen LogP contribution in [-0.4, -0.2) is 30.0 Å². The molecule has 1 aromatic carbocycles. The van der Waals surface area contributed by atoms with Gasteiger partial charge in [-0.3, -0.25) is 0 Å². The predicted molar refractivity (Wildman–Crippen MR) is 77.8 cm³/mol. The van der Waals surface area contributed by atoms with Crippen molar-refractivity contribution in [3.05, 3.63) is 30.5 Å². The number of nitrogens with zero attached hydrogens (tertiary/aromatic N) is 2. The summed E-state index contributed by atoms with van der Waals surface area (Å²) in [6, 6.07) is 8.18. The highest BCUT2D eigenvalue weighted by Gasteiger charge is 2.22. The third-order valence-electron chi connectivity index (χ3n) is 3.38. The van der Waals surface area contributed by atoms with Gasteiger partial charge in [0.25, 0.3) is 0 Å². The summed E-state index contributed by atoms with van der Waals surface area (Å²) in [4.78, 5) is 7.46. The largest absolute Gasteiger partial charge is 0.497 e. The Hall–Kier alpha value is -1.29. The Labute approximate surface area is 115 Å². The van der Waals surface area contributed by atoms with Crippen LogP contribution < -0.4 is 9.64 Å². The second-order valence-corrected chi connectivity index (χ2v) is 5.85. The minimum atomic E-state index is 0.577. The fourth-order valence-corrected chi connectivity index (χ4v) is 2.98. The van der Waals surface area contributed by atoms with E-state index in [2.05, 4.69) is 37.9 Å². The highest BCUT2D eigenvalue weighted by Crippen LogP contribution is 2.30. The van der Waals surface area contributed by atoms with Crippen molar-refractivity contribution >= 4 is 32.5 Å². The minimum absolute atomic E-state index is 0.577. The number of rotatable bonds is 2. The normalized spacial score (nSPS) is 19.4. The van der Waals surface area contributed by atoms with E-state index < -0.39 is 0 Å². The van der Waals surface area contributed by atoms with Gasteiger partial charge in [-0.25, -0.2) is 4.98 Å². The smallest absolute Gasteiger partial charge is 0.136 e. The molecule has 1 aliphatic rings. The molecule has 2 heterocycles. The van der Waals surface area contributed by atoms with E-state index in [-0.39, 0.29) is 0 Å². The van der Waals surface area contributed by atoms with Crippen LogP contribution in [0.25, 0.3) is 10.8 Å². The Morgan fingerprint density at radius 3 is 3.00 bits per heavy atom. The van der Waals surface area contributed by atoms with Crippen LogP contribution in [-0.2, 0) is 0 Å². The van der Waals surface area contributed by atoms with Gasteiger partial charge in [0.15, 0.2) is 0 Å². The first kappa shape index (κ1) is 11.8. The number of hydrogen-bond donors (Lipinski definition) is 0. The van der Waals surface area contributed by atoms with Crippen molar-refractivity contribution < 1.29 is 4.74 Å². The summed E-state index contributed by atoms with van der Waals surface area (Å²) >= 11 is 3.67. The Morgan fingerprint density at radius 1 is 1.39 bits per heavy atom. The number of aromatic nitrogens is 1. The van der Waals surface area contributed by atoms with Crippen molar-refractivity contribution in [2.24, 2.45) is 0 Å². The summed E-state index contributed by atoms with van der Waals surface area (Å²) in [5.41, 5.74) is 0. The molecular formula is C14H15BrN2O. The van der Waals surface area contributed by atoms with Gasteiger partial charge in [-0.2, -0.15) is 0 Å². The van der Waals surface area contributed by atoms with Crippen molar-refractivity contribution in [1.29, 1.82) is 0 Å². The number of methoxy groups -OCH3 is 1. The van der Waals surface area contributed by atoms with Gasteiger partial charge in [-0.05, 0) is 36.1 Å². The summed E-state index contributed by atoms with van der Waals surface area (Å²) in [5.74, 6) is 1.97. The van der Waals surface area contributed by atoms with E-state index >= 15 is 0 Å². The molecule has 0 saturated carbocycles. The Morgan fingerprint density at radius 2 is 2.28 bits per heavy atom. The van der Waals surface area contributed by atoms with E-state index in [4.69, 9.17) is 4.74 Å². The van der Waals surface area contributed by atoms with E-state index in [0.717, 1.165) is 24.7 Å². The summed E-state index contributed by atoms with van der Waals surface area (Å²) < 4.78 is 5.26. The standard InChI is InChI=1S/C14H15BrN2O/c1-18-12-2-3-13-10(8-12)4-6-16-14(13)17-7-5-11(15)9-17/h2-4,6,8,11H,5,7,9H2,1H3. The molecule has 1 aromatic heterocycles. The molecule has 1 unspecified atom stereocenters. The van der Waals surface area contributed by atoms with E-state index in [9.17, 15) is 0 Å². The number of hydrogen-bond acceptors (Lipinski definition) is 3. The van der Waals surface area contributed by atoms with Gasteiger partial charge < -0.3 is 9.64 Å². The van der Waals surface area contributed by atoms with Crippen LogP contribution in [0.1, 0.15) is 6.42 Å². The first-order valence-electron chi connectivity index (χ1n) is 6.09. The highest BCUT2D eigenvalue weighted by molar-refractivity contribution is 9.09. The number of alkyl halides is 1. The number of fused-ring (bicyclic) bond motifs is 1. The van der Waals surface area contributed by atoms with Gasteiger partial charge in [-0.1, -0.05) is 15.9 Å². The number of anilines is 1. The van der Waals surface area contributed by atoms with E-state index in [1.807, 2.05) is 18.3 Å². The summed E-state index contributed by atoms with van der Waals surface area (Å²) in [6.45, 7) is 2.09. The first-order valence-corrected chi connectivity index (χ1v) is 7.01. The maximum absolute atomic E-state index is 5.26. The maximum atomic E-state index is 5.26. The zero-order chi connectivity index (χ0) is 12.5. The van der Waals surface area contributed by atoms with Crippen molar-refractivity contribution in [3.8, 4) is 5.75 Å². The lowest BCUT2D eigenvalue weighted by Gasteiger charge is -2.18. The first-order chi connectivity index (χ1) is 8.78. The Bertz CT molecular complexity index is 573. The summed E-state index contributed by atoms with van der Waals surface area (Å²) in [5, 5.41) is 2.37. The van der Waals surface area contributed by atoms with Crippen molar-refractivity contribution in [2.75, 3.05) is 25.1 Å². The fraction of sp³-hybridized carbons (Fsp3) is 0.357. The van der Waals surface area contributed by atoms with E-state index in [0.29, 0.717) is 4.83 Å². The van der Waals surface area contributed by atoms with Gasteiger partial charge in [-0.15, -0.1) is 0 Å². The molecule has 4 heteroatoms. The molecule has 1 fully saturated rings. The average molecular weight is 307 g/mol. The Kier molecular flexibility index (Phi) is 3.12. The third kappa shape index (κ3) is 2.05. The average Bonchev–Trinajstić information content (AvgIpc) is 2.84. The lowest BCUT2D eigenvalue weighted by molar-refractivity contribution is 0.415. The zero-order valence-corrected chi connectivity index (χ0v) is 11.9. The molecule has 94 valence electrons. The molecule has 0 bridgehead atoms. The lowest BCUT2D eigenvalue weighted by Crippen LogP contribution is -2.20. The molecule has 0 spiro atoms. The summed E-state index contributed by atoms with van der Waals surface area (Å²) in [7, 11) is 1.69. The topological polar surface area (TPSA) is 25.4 Å². The van der Waals surface area contributed by atoms with Crippen molar-refractivity contribution in [2.45, 2.75) is 11.2 Å². The number of ether oxygens (including phenoxy) is 1. The molecule has 0 aliphatic carbocycles. The van der Waals surface area contributed by atoms with Crippen LogP contribution in [0, 0.1) is 0 Å². The second kappa shape index (κ2) is 4.76. The fourth-order valence-electron chi connectivity index (χ4n) is 2.43. The Balaban J connectivity index is 2.07. The quantitative estimate of drug-likeness (QED) is 0.797. The summed E-state index contributed by atoms with van der Waals surface area (Å²) in [6.07, 6.45) is 3.05. The van der Waals surface area contributed by atoms with Crippen molar-refractivity contribution in [1.82, 2.24) is 4.98 Å². The number of benzene rings is 1. The van der Waals surface area contributed by atoms with Crippen LogP contribution in [0.2, 0.25) is 0 Å². The maximum Gasteiger partial charge on any atom is 0.136 e. The zero-order valence-electron chi connectivity index (χ0n) is 10.3. The van der Waals surface area contributed by atoms with E-state index in [1.54, 1.807) is 7.11 Å². The van der Waals surface area contributed by atoms with Gasteiger partial charge in [0.05, 0.1) is 7.11 Å². The van der Waals surface area contributed by atoms with Crippen LogP contribution in [0.5, 0.6) is 5.75 Å². The molecule has 3 nitrogen and oxygen atoms in total. The van der Waals surface area contributed by atoms with Gasteiger partial charge in [0, 0.05) is 29.5 Å². The highest BCUT2D eigenvalue weighted by atomic mass is 79.9. The molecule has 1 aliphatic heterocycles. The molecule has 1 saturated heterocycles. The van der Waals surface area contributed by atoms with E-state index in [1.165, 1.54) is 17.2 Å². The molecule has 2 aromatic rings. The third-order valence-corrected chi connectivity index (χ3v) is 4.13. The van der Waals surface area contributed by atoms with Crippen LogP contribution in [0.3, 0.4) is 0 Å². The van der Waals surface area contributed by atoms with Crippen LogP contribution in [0.4, 0.5) is 5.82 Å². The molecule has 0 radical (unpaired) electrons. The monoisotopic (exact) mass is 306 g/mol. The van der Waals surface area contributed by atoms with Crippen molar-refractivity contribution in [3.63, 3.8) is 0 Å². The predicted octanol–water partition coefficient (Wildman–Crippen LogP) is 3.22. The molecule has 18 heavy (non-hydrogen) atoms. The molecule has 1 atom stereocenters. The van der Waals surface area contributed by atoms with Gasteiger partial charge >= 0.3 is 0 Å². The minimum Gasteiger partial charge on any atom is -0.497 e. The lowest BCUT2D eigenvalue weighted by atomic mass is 10.1. The van der Waals surface area contributed by atoms with Crippen LogP contribution >= 0.6 is 15.9 Å². The molecular weight excluding hydrogens is 292 g/mol. The molecule has 0 N–H and O–H groups in total. The molecule has 0 amide bonds.